The van der Waals surface area contributed by atoms with Gasteiger partial charge in [0.2, 0.25) is 0 Å². The molecule has 1 atom stereocenters. The summed E-state index contributed by atoms with van der Waals surface area (Å²) in [5.41, 5.74) is 7.44. The molecule has 6 heteroatoms. The lowest BCUT2D eigenvalue weighted by molar-refractivity contribution is -0.0262. The van der Waals surface area contributed by atoms with Crippen molar-refractivity contribution in [3.63, 3.8) is 0 Å². The first-order valence-corrected chi connectivity index (χ1v) is 7.44. The summed E-state index contributed by atoms with van der Waals surface area (Å²) in [5.74, 6) is 0.916. The van der Waals surface area contributed by atoms with E-state index in [2.05, 4.69) is 4.90 Å². The van der Waals surface area contributed by atoms with Crippen LogP contribution in [0.3, 0.4) is 0 Å². The molecular weight excluding hydrogens is 304 g/mol. The highest BCUT2D eigenvalue weighted by atomic mass is 35.5. The molecule has 1 aliphatic heterocycles. The van der Waals surface area contributed by atoms with Gasteiger partial charge in [-0.05, 0) is 32.0 Å². The van der Waals surface area contributed by atoms with Crippen molar-refractivity contribution < 1.29 is 14.3 Å². The number of rotatable bonds is 6. The van der Waals surface area contributed by atoms with Crippen molar-refractivity contribution in [3.8, 4) is 5.75 Å². The molecule has 2 N–H and O–H groups in total. The average molecular weight is 329 g/mol. The van der Waals surface area contributed by atoms with Crippen LogP contribution in [0, 0.1) is 0 Å². The van der Waals surface area contributed by atoms with E-state index < -0.39 is 0 Å². The fourth-order valence-corrected chi connectivity index (χ4v) is 2.53. The Morgan fingerprint density at radius 2 is 2.27 bits per heavy atom. The minimum atomic E-state index is 0. The Kier molecular flexibility index (Phi) is 7.82. The van der Waals surface area contributed by atoms with Crippen LogP contribution in [-0.2, 0) is 11.3 Å². The summed E-state index contributed by atoms with van der Waals surface area (Å²) >= 11 is 0. The molecule has 1 aromatic rings. The quantitative estimate of drug-likeness (QED) is 0.808. The number of Topliss-reactive ketones (excluding diaryl/α,β-unsaturated/α-hetero) is 1. The molecule has 5 nitrogen and oxygen atoms in total. The molecule has 22 heavy (non-hydrogen) atoms. The number of benzene rings is 1. The van der Waals surface area contributed by atoms with Crippen molar-refractivity contribution in [2.24, 2.45) is 5.73 Å². The molecule has 0 aliphatic carbocycles. The zero-order valence-corrected chi connectivity index (χ0v) is 14.0. The monoisotopic (exact) mass is 328 g/mol. The van der Waals surface area contributed by atoms with Gasteiger partial charge in [-0.1, -0.05) is 0 Å². The molecule has 0 aromatic heterocycles. The Bertz CT molecular complexity index is 496. The van der Waals surface area contributed by atoms with Crippen LogP contribution in [0.2, 0.25) is 0 Å². The second-order valence-corrected chi connectivity index (χ2v) is 5.28. The number of nitrogens with two attached hydrogens (primary N) is 1. The fraction of sp³-hybridized carbons (Fsp3) is 0.562. The number of carbonyl (C=O) groups is 1. The first kappa shape index (κ1) is 18.9. The van der Waals surface area contributed by atoms with Gasteiger partial charge in [0.25, 0.3) is 0 Å². The maximum absolute atomic E-state index is 11.6. The van der Waals surface area contributed by atoms with Gasteiger partial charge in [0.15, 0.2) is 5.78 Å². The first-order chi connectivity index (χ1) is 10.1. The van der Waals surface area contributed by atoms with E-state index in [0.29, 0.717) is 19.8 Å². The van der Waals surface area contributed by atoms with Gasteiger partial charge in [-0.15, -0.1) is 12.4 Å². The van der Waals surface area contributed by atoms with Gasteiger partial charge in [-0.25, -0.2) is 0 Å². The summed E-state index contributed by atoms with van der Waals surface area (Å²) in [5, 5.41) is 0. The van der Waals surface area contributed by atoms with Crippen LogP contribution in [0.25, 0.3) is 0 Å². The molecule has 0 amide bonds. The predicted octanol–water partition coefficient (Wildman–Crippen LogP) is 1.87. The topological polar surface area (TPSA) is 64.8 Å². The van der Waals surface area contributed by atoms with Gasteiger partial charge in [0.1, 0.15) is 5.75 Å². The molecule has 0 saturated carbocycles. The van der Waals surface area contributed by atoms with Gasteiger partial charge in [-0.3, -0.25) is 9.69 Å². The molecular formula is C16H25ClN2O3. The minimum Gasteiger partial charge on any atom is -0.494 e. The van der Waals surface area contributed by atoms with Crippen LogP contribution < -0.4 is 10.5 Å². The maximum atomic E-state index is 11.6. The van der Waals surface area contributed by atoms with E-state index in [0.717, 1.165) is 36.5 Å². The number of hydrogen-bond donors (Lipinski definition) is 1. The zero-order valence-electron chi connectivity index (χ0n) is 13.2. The largest absolute Gasteiger partial charge is 0.494 e. The van der Waals surface area contributed by atoms with Crippen molar-refractivity contribution in [2.75, 3.05) is 32.8 Å². The van der Waals surface area contributed by atoms with E-state index in [1.807, 2.05) is 25.1 Å². The van der Waals surface area contributed by atoms with E-state index in [1.54, 1.807) is 6.92 Å². The number of hydrogen-bond acceptors (Lipinski definition) is 5. The highest BCUT2D eigenvalue weighted by Crippen LogP contribution is 2.23. The lowest BCUT2D eigenvalue weighted by Gasteiger charge is -2.32. The lowest BCUT2D eigenvalue weighted by atomic mass is 10.1. The van der Waals surface area contributed by atoms with Crippen LogP contribution in [0.1, 0.15) is 29.8 Å². The van der Waals surface area contributed by atoms with Crippen molar-refractivity contribution in [2.45, 2.75) is 26.5 Å². The summed E-state index contributed by atoms with van der Waals surface area (Å²) in [6.45, 7) is 7.80. The van der Waals surface area contributed by atoms with Gasteiger partial charge >= 0.3 is 0 Å². The van der Waals surface area contributed by atoms with E-state index >= 15 is 0 Å². The third kappa shape index (κ3) is 4.95. The van der Waals surface area contributed by atoms with E-state index in [4.69, 9.17) is 15.2 Å². The van der Waals surface area contributed by atoms with E-state index in [1.165, 1.54) is 0 Å². The van der Waals surface area contributed by atoms with Crippen molar-refractivity contribution in [3.05, 3.63) is 29.3 Å². The summed E-state index contributed by atoms with van der Waals surface area (Å²) in [7, 11) is 0. The molecule has 124 valence electrons. The molecule has 0 bridgehead atoms. The molecule has 0 spiro atoms. The molecule has 1 aliphatic rings. The minimum absolute atomic E-state index is 0. The maximum Gasteiger partial charge on any atom is 0.159 e. The molecule has 0 radical (unpaired) electrons. The Labute approximate surface area is 138 Å². The van der Waals surface area contributed by atoms with Gasteiger partial charge < -0.3 is 15.2 Å². The number of nitrogens with zero attached hydrogens (tertiary/aromatic N) is 1. The summed E-state index contributed by atoms with van der Waals surface area (Å²) in [6, 6.07) is 5.63. The second-order valence-electron chi connectivity index (χ2n) is 5.28. The Morgan fingerprint density at radius 1 is 1.50 bits per heavy atom. The van der Waals surface area contributed by atoms with Crippen LogP contribution in [0.15, 0.2) is 18.2 Å². The molecule has 1 fully saturated rings. The standard InChI is InChI=1S/C16H24N2O3.ClH/c1-3-20-16-5-4-13(12(2)19)8-14(16)10-18-6-7-21-15(9-17)11-18;/h4-5,8,15H,3,6-7,9-11,17H2,1-2H3;1H. The van der Waals surface area contributed by atoms with Crippen molar-refractivity contribution in [1.29, 1.82) is 0 Å². The molecule has 1 unspecified atom stereocenters. The molecule has 2 rings (SSSR count). The molecule has 1 heterocycles. The SMILES string of the molecule is CCOc1ccc(C(C)=O)cc1CN1CCOC(CN)C1.Cl. The normalized spacial score (nSPS) is 18.6. The van der Waals surface area contributed by atoms with Gasteiger partial charge in [0, 0.05) is 37.3 Å². The number of morpholine rings is 1. The van der Waals surface area contributed by atoms with E-state index in [9.17, 15) is 4.79 Å². The first-order valence-electron chi connectivity index (χ1n) is 7.44. The third-order valence-corrected chi connectivity index (χ3v) is 3.65. The molecule has 1 aromatic carbocycles. The predicted molar refractivity (Wildman–Crippen MR) is 88.9 cm³/mol. The zero-order chi connectivity index (χ0) is 15.2. The van der Waals surface area contributed by atoms with Crippen LogP contribution >= 0.6 is 12.4 Å². The van der Waals surface area contributed by atoms with Gasteiger partial charge in [-0.2, -0.15) is 0 Å². The third-order valence-electron chi connectivity index (χ3n) is 3.65. The van der Waals surface area contributed by atoms with Crippen LogP contribution in [0.5, 0.6) is 5.75 Å². The smallest absolute Gasteiger partial charge is 0.159 e. The van der Waals surface area contributed by atoms with E-state index in [-0.39, 0.29) is 24.3 Å². The lowest BCUT2D eigenvalue weighted by Crippen LogP contribution is -2.45. The van der Waals surface area contributed by atoms with Crippen molar-refractivity contribution >= 4 is 18.2 Å². The van der Waals surface area contributed by atoms with Crippen molar-refractivity contribution in [1.82, 2.24) is 4.90 Å². The Balaban J connectivity index is 0.00000242. The Morgan fingerprint density at radius 3 is 2.91 bits per heavy atom. The average Bonchev–Trinajstić information content (AvgIpc) is 2.49. The number of carbonyl (C=O) groups excluding carboxylic acids is 1. The number of ketones is 1. The summed E-state index contributed by atoms with van der Waals surface area (Å²) in [6.07, 6.45) is 0.0882. The fourth-order valence-electron chi connectivity index (χ4n) is 2.53. The second kappa shape index (κ2) is 9.10. The number of halogens is 1. The molecule has 1 saturated heterocycles. The Hall–Kier alpha value is -1.14. The highest BCUT2D eigenvalue weighted by molar-refractivity contribution is 5.94. The highest BCUT2D eigenvalue weighted by Gasteiger charge is 2.20. The number of ether oxygens (including phenoxy) is 2. The van der Waals surface area contributed by atoms with Gasteiger partial charge in [0.05, 0.1) is 19.3 Å². The summed E-state index contributed by atoms with van der Waals surface area (Å²) < 4.78 is 11.3. The van der Waals surface area contributed by atoms with Crippen LogP contribution in [0.4, 0.5) is 0 Å². The summed E-state index contributed by atoms with van der Waals surface area (Å²) in [4.78, 5) is 13.9. The van der Waals surface area contributed by atoms with Crippen LogP contribution in [-0.4, -0.2) is 49.6 Å².